The van der Waals surface area contributed by atoms with Crippen molar-refractivity contribution in [2.45, 2.75) is 42.9 Å². The monoisotopic (exact) mass is 858 g/mol. The van der Waals surface area contributed by atoms with E-state index in [1.54, 1.807) is 11.1 Å². The second-order valence-corrected chi connectivity index (χ2v) is 20.4. The molecule has 16 rings (SSSR count). The lowest BCUT2D eigenvalue weighted by atomic mass is 9.38. The molecule has 2 nitrogen and oxygen atoms in total. The molecule has 0 amide bonds. The molecule has 0 aliphatic heterocycles. The Morgan fingerprint density at radius 3 is 1.51 bits per heavy atom. The van der Waals surface area contributed by atoms with Crippen molar-refractivity contribution in [1.82, 2.24) is 4.57 Å². The normalized spacial score (nSPS) is 22.2. The van der Waals surface area contributed by atoms with Crippen LogP contribution in [0.1, 0.15) is 65.5 Å². The van der Waals surface area contributed by atoms with Gasteiger partial charge in [0.25, 0.3) is 0 Å². The summed E-state index contributed by atoms with van der Waals surface area (Å²) in [5.74, 6) is 2.91. The van der Waals surface area contributed by atoms with E-state index >= 15 is 0 Å². The van der Waals surface area contributed by atoms with Gasteiger partial charge in [0, 0.05) is 38.8 Å². The first kappa shape index (κ1) is 37.8. The molecule has 67 heavy (non-hydrogen) atoms. The summed E-state index contributed by atoms with van der Waals surface area (Å²) in [6.45, 7) is 0. The quantitative estimate of drug-likeness (QED) is 0.167. The molecule has 4 fully saturated rings. The van der Waals surface area contributed by atoms with Gasteiger partial charge in [-0.2, -0.15) is 0 Å². The highest BCUT2D eigenvalue weighted by atomic mass is 15.1. The van der Waals surface area contributed by atoms with Gasteiger partial charge in [0.05, 0.1) is 22.1 Å². The van der Waals surface area contributed by atoms with E-state index in [0.29, 0.717) is 11.8 Å². The molecule has 4 bridgehead atoms. The van der Waals surface area contributed by atoms with E-state index in [1.807, 2.05) is 0 Å². The van der Waals surface area contributed by atoms with E-state index < -0.39 is 5.41 Å². The Balaban J connectivity index is 1.01. The molecule has 0 N–H and O–H groups in total. The van der Waals surface area contributed by atoms with Crippen LogP contribution >= 0.6 is 0 Å². The highest BCUT2D eigenvalue weighted by Crippen LogP contribution is 2.71. The van der Waals surface area contributed by atoms with Crippen molar-refractivity contribution < 1.29 is 0 Å². The van der Waals surface area contributed by atoms with E-state index in [-0.39, 0.29) is 5.41 Å². The molecule has 2 heteroatoms. The average Bonchev–Trinajstić information content (AvgIpc) is 3.88. The van der Waals surface area contributed by atoms with Gasteiger partial charge in [-0.1, -0.05) is 164 Å². The number of rotatable bonds is 5. The van der Waals surface area contributed by atoms with Gasteiger partial charge in [-0.05, 0) is 160 Å². The molecule has 6 aliphatic rings. The smallest absolute Gasteiger partial charge is 0.0719 e. The number of anilines is 3. The lowest BCUT2D eigenvalue weighted by Crippen LogP contribution is -2.59. The number of nitrogens with zero attached hydrogens (tertiary/aromatic N) is 2. The number of fused-ring (bicyclic) bond motifs is 12. The molecular weight excluding hydrogens is 809 g/mol. The Morgan fingerprint density at radius 1 is 0.373 bits per heavy atom. The van der Waals surface area contributed by atoms with Gasteiger partial charge < -0.3 is 9.47 Å². The zero-order valence-electron chi connectivity index (χ0n) is 37.5. The molecule has 0 radical (unpaired) electrons. The third kappa shape index (κ3) is 5.00. The van der Waals surface area contributed by atoms with Crippen LogP contribution in [0.2, 0.25) is 0 Å². The molecule has 4 saturated carbocycles. The summed E-state index contributed by atoms with van der Waals surface area (Å²) in [7, 11) is 0. The third-order valence-electron chi connectivity index (χ3n) is 17.4. The van der Waals surface area contributed by atoms with Crippen LogP contribution in [0.15, 0.2) is 218 Å². The van der Waals surface area contributed by atoms with Crippen molar-refractivity contribution in [3.8, 4) is 27.9 Å². The zero-order chi connectivity index (χ0) is 43.8. The molecule has 6 aliphatic carbocycles. The van der Waals surface area contributed by atoms with Crippen LogP contribution in [-0.2, 0) is 10.8 Å². The van der Waals surface area contributed by atoms with Gasteiger partial charge >= 0.3 is 0 Å². The molecule has 320 valence electrons. The summed E-state index contributed by atoms with van der Waals surface area (Å²) in [5.41, 5.74) is 20.8. The van der Waals surface area contributed by atoms with Crippen molar-refractivity contribution in [3.05, 3.63) is 252 Å². The van der Waals surface area contributed by atoms with Crippen molar-refractivity contribution in [2.24, 2.45) is 23.7 Å². The highest BCUT2D eigenvalue weighted by molar-refractivity contribution is 6.09. The Bertz CT molecular complexity index is 3480. The van der Waals surface area contributed by atoms with E-state index in [0.717, 1.165) is 23.2 Å². The average molecular weight is 859 g/mol. The summed E-state index contributed by atoms with van der Waals surface area (Å²) >= 11 is 0. The SMILES string of the molecule is c1ccc(-c2ccccc2N(c2ccc(-n3c4ccccc4c4ccccc43)cc2)c2ccc3c(c2)C2(c4ccccc4C34c3ccccc3-c3ccccc34)[C@H]3C[C@H]4C[C@H](C[C@H]2C4)C3)cc1. The summed E-state index contributed by atoms with van der Waals surface area (Å²) in [5, 5.41) is 2.56. The number of hydrogen-bond acceptors (Lipinski definition) is 1. The molecular formula is C65H50N2. The Kier molecular flexibility index (Phi) is 7.92. The van der Waals surface area contributed by atoms with Crippen molar-refractivity contribution >= 4 is 38.9 Å². The van der Waals surface area contributed by atoms with Gasteiger partial charge in [-0.3, -0.25) is 0 Å². The van der Waals surface area contributed by atoms with Gasteiger partial charge in [-0.25, -0.2) is 0 Å². The number of benzene rings is 9. The van der Waals surface area contributed by atoms with Crippen LogP contribution in [0.5, 0.6) is 0 Å². The van der Waals surface area contributed by atoms with Crippen molar-refractivity contribution in [3.63, 3.8) is 0 Å². The minimum atomic E-state index is -0.422. The summed E-state index contributed by atoms with van der Waals surface area (Å²) in [6.07, 6.45) is 6.74. The van der Waals surface area contributed by atoms with Crippen LogP contribution in [0.4, 0.5) is 17.1 Å². The highest BCUT2D eigenvalue weighted by Gasteiger charge is 2.64. The number of hydrogen-bond donors (Lipinski definition) is 0. The van der Waals surface area contributed by atoms with Crippen molar-refractivity contribution in [2.75, 3.05) is 4.90 Å². The molecule has 0 atom stereocenters. The van der Waals surface area contributed by atoms with Crippen LogP contribution in [-0.4, -0.2) is 4.57 Å². The largest absolute Gasteiger partial charge is 0.310 e. The maximum absolute atomic E-state index is 2.71. The maximum Gasteiger partial charge on any atom is 0.0719 e. The zero-order valence-corrected chi connectivity index (χ0v) is 37.5. The Hall–Kier alpha value is -7.42. The molecule has 0 saturated heterocycles. The Morgan fingerprint density at radius 2 is 0.866 bits per heavy atom. The van der Waals surface area contributed by atoms with Crippen LogP contribution < -0.4 is 4.90 Å². The van der Waals surface area contributed by atoms with E-state index in [9.17, 15) is 0 Å². The number of aromatic nitrogens is 1. The third-order valence-corrected chi connectivity index (χ3v) is 17.4. The minimum absolute atomic E-state index is 0.0713. The predicted octanol–water partition coefficient (Wildman–Crippen LogP) is 16.3. The fourth-order valence-corrected chi connectivity index (χ4v) is 15.3. The first-order valence-electron chi connectivity index (χ1n) is 24.7. The summed E-state index contributed by atoms with van der Waals surface area (Å²) in [6, 6.07) is 83.3. The summed E-state index contributed by atoms with van der Waals surface area (Å²) < 4.78 is 2.43. The Labute approximate surface area is 392 Å². The van der Waals surface area contributed by atoms with E-state index in [1.165, 1.54) is 110 Å². The topological polar surface area (TPSA) is 8.17 Å². The molecule has 1 aromatic heterocycles. The second-order valence-electron chi connectivity index (χ2n) is 20.4. The fraction of sp³-hybridized carbons (Fsp3) is 0.169. The van der Waals surface area contributed by atoms with Gasteiger partial charge in [-0.15, -0.1) is 0 Å². The fourth-order valence-electron chi connectivity index (χ4n) is 15.3. The van der Waals surface area contributed by atoms with Crippen LogP contribution in [0.3, 0.4) is 0 Å². The lowest BCUT2D eigenvalue weighted by Gasteiger charge is -2.65. The van der Waals surface area contributed by atoms with E-state index in [4.69, 9.17) is 0 Å². The molecule has 9 aromatic carbocycles. The first-order valence-corrected chi connectivity index (χ1v) is 24.7. The summed E-state index contributed by atoms with van der Waals surface area (Å²) in [4.78, 5) is 2.58. The second kappa shape index (κ2) is 14.0. The molecule has 10 aromatic rings. The number of para-hydroxylation sites is 3. The predicted molar refractivity (Wildman–Crippen MR) is 276 cm³/mol. The van der Waals surface area contributed by atoms with Crippen LogP contribution in [0.25, 0.3) is 49.7 Å². The lowest BCUT2D eigenvalue weighted by molar-refractivity contribution is -0.0440. The maximum atomic E-state index is 2.71. The molecule has 0 unspecified atom stereocenters. The molecule has 2 spiro atoms. The van der Waals surface area contributed by atoms with E-state index in [2.05, 4.69) is 228 Å². The van der Waals surface area contributed by atoms with Gasteiger partial charge in [0.15, 0.2) is 0 Å². The first-order chi connectivity index (χ1) is 33.2. The van der Waals surface area contributed by atoms with Crippen LogP contribution in [0, 0.1) is 23.7 Å². The van der Waals surface area contributed by atoms with Crippen molar-refractivity contribution in [1.29, 1.82) is 0 Å². The molecule has 1 heterocycles. The minimum Gasteiger partial charge on any atom is -0.310 e. The van der Waals surface area contributed by atoms with Gasteiger partial charge in [0.2, 0.25) is 0 Å². The van der Waals surface area contributed by atoms with Gasteiger partial charge in [0.1, 0.15) is 0 Å². The standard InChI is InChI=1S/C65H50N2/c1-2-16-44(17-3-1)50-18-6-13-27-61(50)66(47-30-32-48(33-31-47)67-62-28-14-7-21-53(62)54-22-8-15-29-63(54)67)49-34-35-59-60(41-49)64(45-37-42-36-43(39-45)40-46(64)38-42)57-25-11-12-26-58(57)65(59)55-23-9-4-19-51(55)52-20-5-10-24-56(52)65/h1-35,41-43,45-46H,36-40H2/t42-,43+,45+,46-,64?.